The molecule has 1 heterocycles. The highest BCUT2D eigenvalue weighted by Crippen LogP contribution is 2.25. The maximum atomic E-state index is 11.6. The number of hydrazine groups is 1. The molecule has 8 nitrogen and oxygen atoms in total. The fraction of sp³-hybridized carbons (Fsp3) is 0.0667. The molecular weight excluding hydrogens is 302 g/mol. The van der Waals surface area contributed by atoms with Crippen molar-refractivity contribution in [2.45, 2.75) is 0 Å². The number of amides is 2. The van der Waals surface area contributed by atoms with Gasteiger partial charge in [0.15, 0.2) is 5.76 Å². The van der Waals surface area contributed by atoms with Crippen molar-refractivity contribution >= 4 is 17.5 Å². The minimum absolute atomic E-state index is 0.0576. The van der Waals surface area contributed by atoms with Crippen LogP contribution in [0.15, 0.2) is 47.6 Å². The van der Waals surface area contributed by atoms with Crippen molar-refractivity contribution in [2.24, 2.45) is 0 Å². The predicted octanol–water partition coefficient (Wildman–Crippen LogP) is 0.712. The molecule has 0 radical (unpaired) electrons. The van der Waals surface area contributed by atoms with Gasteiger partial charge >= 0.3 is 0 Å². The quantitative estimate of drug-likeness (QED) is 0.395. The lowest BCUT2D eigenvalue weighted by atomic mass is 10.1. The highest BCUT2D eigenvalue weighted by Gasteiger charge is 2.11. The van der Waals surface area contributed by atoms with Crippen molar-refractivity contribution in [3.8, 4) is 11.5 Å². The number of benzene rings is 1. The molecule has 0 aliphatic rings. The fourth-order valence-electron chi connectivity index (χ4n) is 1.68. The number of nitrogens with one attached hydrogen (secondary N) is 3. The van der Waals surface area contributed by atoms with Gasteiger partial charge in [-0.2, -0.15) is 0 Å². The number of rotatable bonds is 6. The van der Waals surface area contributed by atoms with E-state index < -0.39 is 11.8 Å². The van der Waals surface area contributed by atoms with E-state index in [1.54, 1.807) is 6.07 Å². The van der Waals surface area contributed by atoms with Crippen LogP contribution in [0.1, 0.15) is 16.1 Å². The van der Waals surface area contributed by atoms with Crippen LogP contribution in [0.2, 0.25) is 0 Å². The van der Waals surface area contributed by atoms with E-state index in [2.05, 4.69) is 22.7 Å². The molecule has 120 valence electrons. The molecule has 0 aliphatic carbocycles. The molecule has 0 spiro atoms. The minimum Gasteiger partial charge on any atom is -0.508 e. The van der Waals surface area contributed by atoms with Gasteiger partial charge in [0, 0.05) is 5.56 Å². The molecule has 0 atom stereocenters. The first kappa shape index (κ1) is 16.0. The van der Waals surface area contributed by atoms with Crippen LogP contribution < -0.4 is 16.2 Å². The second-order valence-corrected chi connectivity index (χ2v) is 4.51. The van der Waals surface area contributed by atoms with Gasteiger partial charge < -0.3 is 19.9 Å². The highest BCUT2D eigenvalue weighted by atomic mass is 16.3. The van der Waals surface area contributed by atoms with Gasteiger partial charge in [-0.25, -0.2) is 0 Å². The summed E-state index contributed by atoms with van der Waals surface area (Å²) in [6, 6.07) is 6.92. The smallest absolute Gasteiger partial charge is 0.287 e. The lowest BCUT2D eigenvalue weighted by molar-refractivity contribution is -0.120. The van der Waals surface area contributed by atoms with E-state index in [0.717, 1.165) is 0 Å². The van der Waals surface area contributed by atoms with Crippen molar-refractivity contribution in [3.05, 3.63) is 54.5 Å². The molecule has 0 saturated heterocycles. The zero-order valence-electron chi connectivity index (χ0n) is 12.0. The summed E-state index contributed by atoms with van der Waals surface area (Å²) in [6.45, 7) is 3.35. The van der Waals surface area contributed by atoms with Gasteiger partial charge in [0.05, 0.1) is 18.5 Å². The number of carbonyl (C=O) groups excluding carboxylic acids is 2. The normalized spacial score (nSPS) is 9.91. The third-order valence-corrected chi connectivity index (χ3v) is 2.81. The van der Waals surface area contributed by atoms with Crippen molar-refractivity contribution in [2.75, 3.05) is 6.54 Å². The first-order valence-electron chi connectivity index (χ1n) is 6.55. The topological polar surface area (TPSA) is 124 Å². The molecular formula is C15H15N3O5. The molecule has 2 amide bonds. The SMILES string of the molecule is C=C(NNC(=O)CNC(=O)c1ccco1)c1cc(O)ccc1O. The standard InChI is InChI=1S/C15H15N3O5/c1-9(11-7-10(19)4-5-12(11)20)17-18-14(21)8-16-15(22)13-3-2-6-23-13/h2-7,17,19-20H,1,8H2,(H,16,22)(H,18,21). The fourth-order valence-corrected chi connectivity index (χ4v) is 1.68. The van der Waals surface area contributed by atoms with Gasteiger partial charge in [-0.3, -0.25) is 20.4 Å². The van der Waals surface area contributed by atoms with E-state index in [1.165, 1.54) is 30.5 Å². The number of furan rings is 1. The summed E-state index contributed by atoms with van der Waals surface area (Å²) in [4.78, 5) is 23.2. The summed E-state index contributed by atoms with van der Waals surface area (Å²) in [5, 5.41) is 21.4. The van der Waals surface area contributed by atoms with Gasteiger partial charge in [0.25, 0.3) is 11.8 Å². The zero-order chi connectivity index (χ0) is 16.8. The van der Waals surface area contributed by atoms with Crippen LogP contribution in [0.3, 0.4) is 0 Å². The number of phenolic OH excluding ortho intramolecular Hbond substituents is 2. The van der Waals surface area contributed by atoms with Gasteiger partial charge in [-0.1, -0.05) is 6.58 Å². The zero-order valence-corrected chi connectivity index (χ0v) is 12.0. The van der Waals surface area contributed by atoms with Crippen LogP contribution in [0.4, 0.5) is 0 Å². The van der Waals surface area contributed by atoms with Crippen molar-refractivity contribution in [1.29, 1.82) is 0 Å². The van der Waals surface area contributed by atoms with Crippen LogP contribution in [-0.4, -0.2) is 28.6 Å². The number of phenols is 2. The highest BCUT2D eigenvalue weighted by molar-refractivity contribution is 5.94. The van der Waals surface area contributed by atoms with Crippen LogP contribution in [0, 0.1) is 0 Å². The Morgan fingerprint density at radius 2 is 1.96 bits per heavy atom. The number of aromatic hydroxyl groups is 2. The average molecular weight is 317 g/mol. The van der Waals surface area contributed by atoms with Crippen molar-refractivity contribution in [1.82, 2.24) is 16.2 Å². The Morgan fingerprint density at radius 1 is 1.17 bits per heavy atom. The molecule has 8 heteroatoms. The predicted molar refractivity (Wildman–Crippen MR) is 81.1 cm³/mol. The first-order chi connectivity index (χ1) is 11.0. The monoisotopic (exact) mass is 317 g/mol. The summed E-state index contributed by atoms with van der Waals surface area (Å²) in [7, 11) is 0. The Morgan fingerprint density at radius 3 is 2.65 bits per heavy atom. The van der Waals surface area contributed by atoms with Crippen LogP contribution in [0.5, 0.6) is 11.5 Å². The number of hydrogen-bond donors (Lipinski definition) is 5. The summed E-state index contributed by atoms with van der Waals surface area (Å²) < 4.78 is 4.88. The lowest BCUT2D eigenvalue weighted by Gasteiger charge is -2.12. The Hall–Kier alpha value is -3.42. The van der Waals surface area contributed by atoms with Crippen LogP contribution >= 0.6 is 0 Å². The van der Waals surface area contributed by atoms with Gasteiger partial charge in [-0.15, -0.1) is 0 Å². The second-order valence-electron chi connectivity index (χ2n) is 4.51. The molecule has 0 saturated carbocycles. The molecule has 1 aromatic carbocycles. The maximum absolute atomic E-state index is 11.6. The third kappa shape index (κ3) is 4.27. The average Bonchev–Trinajstić information content (AvgIpc) is 3.07. The molecule has 0 aliphatic heterocycles. The second kappa shape index (κ2) is 7.03. The van der Waals surface area contributed by atoms with Crippen molar-refractivity contribution in [3.63, 3.8) is 0 Å². The molecule has 5 N–H and O–H groups in total. The lowest BCUT2D eigenvalue weighted by Crippen LogP contribution is -2.42. The first-order valence-corrected chi connectivity index (χ1v) is 6.55. The van der Waals surface area contributed by atoms with Gasteiger partial charge in [0.1, 0.15) is 11.5 Å². The summed E-state index contributed by atoms with van der Waals surface area (Å²) >= 11 is 0. The third-order valence-electron chi connectivity index (χ3n) is 2.81. The van der Waals surface area contributed by atoms with E-state index >= 15 is 0 Å². The molecule has 2 aromatic rings. The van der Waals surface area contributed by atoms with Gasteiger partial charge in [0.2, 0.25) is 0 Å². The Kier molecular flexibility index (Phi) is 4.88. The van der Waals surface area contributed by atoms with E-state index in [0.29, 0.717) is 0 Å². The van der Waals surface area contributed by atoms with Crippen molar-refractivity contribution < 1.29 is 24.2 Å². The van der Waals surface area contributed by atoms with Crippen LogP contribution in [-0.2, 0) is 4.79 Å². The van der Waals surface area contributed by atoms with Crippen LogP contribution in [0.25, 0.3) is 5.70 Å². The van der Waals surface area contributed by atoms with E-state index in [9.17, 15) is 19.8 Å². The number of hydrogen-bond acceptors (Lipinski definition) is 6. The molecule has 23 heavy (non-hydrogen) atoms. The number of carbonyl (C=O) groups is 2. The maximum Gasteiger partial charge on any atom is 0.287 e. The Bertz CT molecular complexity index is 725. The molecule has 2 rings (SSSR count). The summed E-state index contributed by atoms with van der Waals surface area (Å²) in [6.07, 6.45) is 1.35. The van der Waals surface area contributed by atoms with E-state index in [1.807, 2.05) is 0 Å². The van der Waals surface area contributed by atoms with E-state index in [4.69, 9.17) is 4.42 Å². The molecule has 0 unspecified atom stereocenters. The Labute approximate surface area is 131 Å². The Balaban J connectivity index is 1.81. The minimum atomic E-state index is -0.536. The molecule has 0 bridgehead atoms. The molecule has 0 fully saturated rings. The summed E-state index contributed by atoms with van der Waals surface area (Å²) in [5.41, 5.74) is 5.18. The largest absolute Gasteiger partial charge is 0.508 e. The summed E-state index contributed by atoms with van der Waals surface area (Å²) in [5.74, 6) is -1.13. The molecule has 1 aromatic heterocycles. The van der Waals surface area contributed by atoms with E-state index in [-0.39, 0.29) is 35.1 Å². The van der Waals surface area contributed by atoms with Gasteiger partial charge in [-0.05, 0) is 30.3 Å².